The first-order valence-corrected chi connectivity index (χ1v) is 38.1. The van der Waals surface area contributed by atoms with Crippen LogP contribution in [0.1, 0.15) is 106 Å². The lowest BCUT2D eigenvalue weighted by atomic mass is 10.1. The van der Waals surface area contributed by atoms with Gasteiger partial charge in [-0.1, -0.05) is 109 Å². The van der Waals surface area contributed by atoms with E-state index in [1.54, 1.807) is 66.7 Å². The molecule has 0 atom stereocenters. The van der Waals surface area contributed by atoms with Crippen molar-refractivity contribution >= 4 is 150 Å². The molecule has 0 spiro atoms. The normalized spacial score (nSPS) is 14.6. The summed E-state index contributed by atoms with van der Waals surface area (Å²) in [6, 6.07) is 32.6. The monoisotopic (exact) mass is 1510 g/mol. The number of nitrogens with zero attached hydrogens (tertiary/aromatic N) is 12. The number of sulfonamides is 3. The Bertz CT molecular complexity index is 5560. The zero-order chi connectivity index (χ0) is 71.8. The molecule has 6 aromatic heterocycles. The van der Waals surface area contributed by atoms with Gasteiger partial charge < -0.3 is 27.0 Å². The van der Waals surface area contributed by atoms with Crippen LogP contribution < -0.4 is 36.1 Å². The van der Waals surface area contributed by atoms with Crippen molar-refractivity contribution in [1.29, 1.82) is 0 Å². The Labute approximate surface area is 605 Å². The molecular weight excluding hydrogens is 1450 g/mol. The number of aromatic carboxylic acids is 1. The fourth-order valence-corrected chi connectivity index (χ4v) is 17.1. The largest absolute Gasteiger partial charge is 0.495 e. The quantitative estimate of drug-likeness (QED) is 0.0445. The standard InChI is InChI=1S/C24H24N6O5S.2C22H20Cl2N6O2S/c1-35-19-12-15(8-11-18(19)29-36(33,34)17-9-6-14(7-10-17)24(31)32)21-20-22(25)26-13-27-23(20)30(28-21)16-4-2-3-5-16;23-14-4-3-7-16(11-14)33(31,32)29-18-9-8-13(10-17(18)24)20-19-21(25)26-12-27-22(19)30(28-20)15-5-1-2-6-15;23-14-6-8-16(9-7-14)33(31,32)29-18-10-5-13(11-17(18)24)20-19-21(25)26-12-27-22(19)30(28-20)15-3-1-2-4-15/h6-13,16,29H,2-5H2,1H3,(H,31,32)(H2,25,26,27);3-4,7-12,15,29H,1-2,5-6H2,(H2,25,26,27);5-12,15,29H,1-4H2,(H2,25,26,27). The first kappa shape index (κ1) is 70.5. The molecule has 0 radical (unpaired) electrons. The number of hydrogen-bond acceptors (Lipinski definition) is 20. The van der Waals surface area contributed by atoms with E-state index in [0.717, 1.165) is 77.0 Å². The number of carbonyl (C=O) groups is 1. The Balaban J connectivity index is 0.000000137. The minimum Gasteiger partial charge on any atom is -0.495 e. The maximum absolute atomic E-state index is 12.9. The SMILES string of the molecule is COc1cc(-c2nn(C3CCCC3)c3ncnc(N)c23)ccc1NS(=O)(=O)c1ccc(C(=O)O)cc1.Nc1ncnc2c1c(-c1ccc(NS(=O)(=O)c3ccc(Cl)cc3)c(Cl)c1)nn2C1CCCC1.Nc1ncnc2c1c(-c1ccc(NS(=O)(=O)c3cccc(Cl)c3)c(Cl)c1)nn2C1CCCC1. The first-order valence-electron chi connectivity index (χ1n) is 32.1. The highest BCUT2D eigenvalue weighted by molar-refractivity contribution is 7.93. The van der Waals surface area contributed by atoms with E-state index in [4.69, 9.17) is 88.7 Å². The number of benzene rings is 6. The first-order chi connectivity index (χ1) is 48.9. The smallest absolute Gasteiger partial charge is 0.335 e. The lowest BCUT2D eigenvalue weighted by molar-refractivity contribution is 0.0696. The number of nitrogens with two attached hydrogens (primary N) is 3. The lowest BCUT2D eigenvalue weighted by Crippen LogP contribution is -2.14. The van der Waals surface area contributed by atoms with Crippen LogP contribution in [0.3, 0.4) is 0 Å². The van der Waals surface area contributed by atoms with Crippen molar-refractivity contribution in [2.24, 2.45) is 0 Å². The number of nitrogens with one attached hydrogen (secondary N) is 3. The van der Waals surface area contributed by atoms with E-state index in [0.29, 0.717) is 94.4 Å². The van der Waals surface area contributed by atoms with Gasteiger partial charge in [0.1, 0.15) is 59.3 Å². The van der Waals surface area contributed by atoms with Gasteiger partial charge in [0.25, 0.3) is 30.1 Å². The molecule has 15 rings (SSSR count). The number of carboxylic acid groups (broad SMARTS) is 1. The molecule has 3 saturated carbocycles. The molecule has 0 aliphatic heterocycles. The van der Waals surface area contributed by atoms with E-state index in [1.807, 2.05) is 14.0 Å². The number of hydrogen-bond donors (Lipinski definition) is 7. The fraction of sp³-hybridized carbons (Fsp3) is 0.235. The Morgan fingerprint density at radius 1 is 0.451 bits per heavy atom. The van der Waals surface area contributed by atoms with Crippen LogP contribution in [0.25, 0.3) is 66.9 Å². The van der Waals surface area contributed by atoms with E-state index < -0.39 is 36.0 Å². The molecule has 12 aromatic rings. The predicted molar refractivity (Wildman–Crippen MR) is 393 cm³/mol. The van der Waals surface area contributed by atoms with Gasteiger partial charge in [0.2, 0.25) is 0 Å². The van der Waals surface area contributed by atoms with Gasteiger partial charge in [0.05, 0.1) is 88.8 Å². The van der Waals surface area contributed by atoms with Gasteiger partial charge in [-0.3, -0.25) is 14.2 Å². The third-order valence-corrected chi connectivity index (χ3v) is 23.1. The molecule has 526 valence electrons. The van der Waals surface area contributed by atoms with Gasteiger partial charge in [0.15, 0.2) is 16.9 Å². The Kier molecular flexibility index (Phi) is 20.2. The van der Waals surface area contributed by atoms with E-state index in [9.17, 15) is 30.0 Å². The van der Waals surface area contributed by atoms with Gasteiger partial charge >= 0.3 is 5.97 Å². The van der Waals surface area contributed by atoms with Crippen LogP contribution in [0, 0.1) is 0 Å². The highest BCUT2D eigenvalue weighted by atomic mass is 35.5. The van der Waals surface area contributed by atoms with Crippen LogP contribution in [0.4, 0.5) is 34.5 Å². The molecule has 0 unspecified atom stereocenters. The second-order valence-corrected chi connectivity index (χ2v) is 31.2. The summed E-state index contributed by atoms with van der Waals surface area (Å²) in [6.07, 6.45) is 17.3. The Morgan fingerprint density at radius 2 is 0.814 bits per heavy atom. The third kappa shape index (κ3) is 14.6. The van der Waals surface area contributed by atoms with E-state index in [-0.39, 0.29) is 71.2 Å². The topological polar surface area (TPSA) is 394 Å². The Morgan fingerprint density at radius 3 is 1.19 bits per heavy atom. The van der Waals surface area contributed by atoms with Crippen LogP contribution >= 0.6 is 46.4 Å². The number of nitrogen functional groups attached to an aromatic ring is 3. The maximum atomic E-state index is 12.9. The van der Waals surface area contributed by atoms with Crippen molar-refractivity contribution in [1.82, 2.24) is 59.2 Å². The summed E-state index contributed by atoms with van der Waals surface area (Å²) in [4.78, 5) is 36.8. The van der Waals surface area contributed by atoms with Crippen molar-refractivity contribution in [2.75, 3.05) is 38.5 Å². The fourth-order valence-electron chi connectivity index (χ4n) is 12.9. The summed E-state index contributed by atoms with van der Waals surface area (Å²) in [5.74, 6) is 0.118. The maximum Gasteiger partial charge on any atom is 0.335 e. The van der Waals surface area contributed by atoms with E-state index in [2.05, 4.69) is 44.1 Å². The molecule has 0 bridgehead atoms. The van der Waals surface area contributed by atoms with Crippen molar-refractivity contribution in [3.63, 3.8) is 0 Å². The second kappa shape index (κ2) is 29.2. The summed E-state index contributed by atoms with van der Waals surface area (Å²) in [6.45, 7) is 0. The second-order valence-electron chi connectivity index (χ2n) is 24.4. The molecule has 0 amide bonds. The minimum absolute atomic E-state index is 0.0107. The third-order valence-electron chi connectivity index (χ3n) is 17.9. The lowest BCUT2D eigenvalue weighted by Gasteiger charge is -2.13. The molecule has 34 heteroatoms. The molecule has 3 fully saturated rings. The summed E-state index contributed by atoms with van der Waals surface area (Å²) >= 11 is 24.7. The van der Waals surface area contributed by atoms with Crippen molar-refractivity contribution in [2.45, 2.75) is 110 Å². The van der Waals surface area contributed by atoms with Crippen molar-refractivity contribution in [3.8, 4) is 39.5 Å². The highest BCUT2D eigenvalue weighted by Crippen LogP contribution is 2.43. The zero-order valence-electron chi connectivity index (χ0n) is 54.1. The van der Waals surface area contributed by atoms with E-state index in [1.165, 1.54) is 86.8 Å². The molecule has 102 heavy (non-hydrogen) atoms. The molecule has 10 N–H and O–H groups in total. The van der Waals surface area contributed by atoms with Crippen LogP contribution in [-0.2, 0) is 30.1 Å². The van der Waals surface area contributed by atoms with Gasteiger partial charge in [-0.15, -0.1) is 0 Å². The highest BCUT2D eigenvalue weighted by Gasteiger charge is 2.30. The number of halogens is 4. The molecule has 6 heterocycles. The zero-order valence-corrected chi connectivity index (χ0v) is 59.6. The summed E-state index contributed by atoms with van der Waals surface area (Å²) in [7, 11) is -10.3. The summed E-state index contributed by atoms with van der Waals surface area (Å²) in [5.41, 5.74) is 25.2. The molecule has 27 nitrogen and oxygen atoms in total. The van der Waals surface area contributed by atoms with Crippen LogP contribution in [0.2, 0.25) is 20.1 Å². The number of ether oxygens (including phenoxy) is 1. The van der Waals surface area contributed by atoms with Crippen LogP contribution in [0.5, 0.6) is 5.75 Å². The predicted octanol–water partition coefficient (Wildman–Crippen LogP) is 14.3. The summed E-state index contributed by atoms with van der Waals surface area (Å²) < 4.78 is 95.6. The molecule has 6 aromatic carbocycles. The van der Waals surface area contributed by atoms with Crippen molar-refractivity contribution < 1.29 is 39.9 Å². The number of rotatable bonds is 17. The molecular formula is C68H64Cl4N18O9S3. The molecule has 0 saturated heterocycles. The number of fused-ring (bicyclic) bond motifs is 3. The number of aromatic nitrogens is 12. The number of carboxylic acids is 1. The van der Waals surface area contributed by atoms with Crippen molar-refractivity contribution in [3.05, 3.63) is 172 Å². The average molecular weight is 1520 g/mol. The molecule has 3 aliphatic carbocycles. The minimum atomic E-state index is -4.00. The van der Waals surface area contributed by atoms with Gasteiger partial charge in [0, 0.05) is 26.7 Å². The van der Waals surface area contributed by atoms with Crippen LogP contribution in [0.15, 0.2) is 161 Å². The average Bonchev–Trinajstić information content (AvgIpc) is 1.57. The van der Waals surface area contributed by atoms with Gasteiger partial charge in [-0.25, -0.2) is 74.0 Å². The molecule has 3 aliphatic rings. The number of anilines is 6. The number of methoxy groups -OCH3 is 1. The Hall–Kier alpha value is -9.95. The van der Waals surface area contributed by atoms with Gasteiger partial charge in [-0.05, 0) is 142 Å². The van der Waals surface area contributed by atoms with E-state index >= 15 is 0 Å². The summed E-state index contributed by atoms with van der Waals surface area (Å²) in [5, 5.41) is 26.7. The van der Waals surface area contributed by atoms with Crippen LogP contribution in [-0.4, -0.2) is 103 Å². The van der Waals surface area contributed by atoms with Gasteiger partial charge in [-0.2, -0.15) is 15.3 Å².